The zero-order valence-electron chi connectivity index (χ0n) is 17.9. The Morgan fingerprint density at radius 3 is 2.73 bits per heavy atom. The number of hydrogen-bond acceptors (Lipinski definition) is 8. The van der Waals surface area contributed by atoms with Crippen LogP contribution in [0.2, 0.25) is 0 Å². The van der Waals surface area contributed by atoms with Crippen LogP contribution < -0.4 is 5.43 Å². The molecule has 1 unspecified atom stereocenters. The summed E-state index contributed by atoms with van der Waals surface area (Å²) >= 11 is 0. The largest absolute Gasteiger partial charge is 0.312 e. The lowest BCUT2D eigenvalue weighted by Crippen LogP contribution is -2.31. The molecule has 4 rings (SSSR count). The fourth-order valence-electron chi connectivity index (χ4n) is 4.16. The number of anilines is 1. The van der Waals surface area contributed by atoms with Crippen LogP contribution in [-0.2, 0) is 15.8 Å². The van der Waals surface area contributed by atoms with Crippen molar-refractivity contribution in [2.45, 2.75) is 31.4 Å². The summed E-state index contributed by atoms with van der Waals surface area (Å²) in [7, 11) is -3.79. The quantitative estimate of drug-likeness (QED) is 0.410. The van der Waals surface area contributed by atoms with Crippen molar-refractivity contribution in [3.8, 4) is 6.07 Å². The molecule has 10 nitrogen and oxygen atoms in total. The van der Waals surface area contributed by atoms with Crippen LogP contribution in [0.4, 0.5) is 11.4 Å². The maximum absolute atomic E-state index is 13.1. The van der Waals surface area contributed by atoms with Crippen molar-refractivity contribution in [3.05, 3.63) is 64.5 Å². The van der Waals surface area contributed by atoms with Crippen LogP contribution in [0.5, 0.6) is 0 Å². The van der Waals surface area contributed by atoms with E-state index in [9.17, 15) is 18.5 Å². The number of benzene rings is 1. The lowest BCUT2D eigenvalue weighted by Gasteiger charge is -2.22. The van der Waals surface area contributed by atoms with Crippen molar-refractivity contribution in [3.63, 3.8) is 0 Å². The van der Waals surface area contributed by atoms with E-state index >= 15 is 0 Å². The smallest absolute Gasteiger partial charge is 0.312 e. The summed E-state index contributed by atoms with van der Waals surface area (Å²) in [6.45, 7) is 1.29. The van der Waals surface area contributed by atoms with Crippen molar-refractivity contribution in [1.29, 1.82) is 5.26 Å². The second-order valence-electron chi connectivity index (χ2n) is 8.12. The predicted octanol–water partition coefficient (Wildman–Crippen LogP) is 3.67. The zero-order valence-corrected chi connectivity index (χ0v) is 18.7. The summed E-state index contributed by atoms with van der Waals surface area (Å²) in [4.78, 5) is 15.3. The Kier molecular flexibility index (Phi) is 6.57. The molecule has 0 amide bonds. The van der Waals surface area contributed by atoms with E-state index in [1.807, 2.05) is 11.1 Å². The highest BCUT2D eigenvalue weighted by molar-refractivity contribution is 7.89. The van der Waals surface area contributed by atoms with E-state index in [4.69, 9.17) is 5.26 Å². The Labute approximate surface area is 191 Å². The molecule has 0 bridgehead atoms. The Balaban J connectivity index is 1.68. The number of rotatable bonds is 7. The maximum atomic E-state index is 13.1. The lowest BCUT2D eigenvalue weighted by molar-refractivity contribution is -0.384. The summed E-state index contributed by atoms with van der Waals surface area (Å²) < 4.78 is 27.2. The summed E-state index contributed by atoms with van der Waals surface area (Å²) in [5.74, 6) is 0.0873. The maximum Gasteiger partial charge on any atom is 0.312 e. The second-order valence-corrected chi connectivity index (χ2v) is 9.97. The first kappa shape index (κ1) is 22.7. The third-order valence-corrected chi connectivity index (χ3v) is 7.44. The average molecular weight is 469 g/mol. The number of fused-ring (bicyclic) bond motifs is 1. The van der Waals surface area contributed by atoms with Gasteiger partial charge in [0.05, 0.1) is 22.1 Å². The Morgan fingerprint density at radius 2 is 2.00 bits per heavy atom. The number of aromatic nitrogens is 2. The van der Waals surface area contributed by atoms with Crippen LogP contribution in [0, 0.1) is 27.4 Å². The molecule has 33 heavy (non-hydrogen) atoms. The number of hydrazine groups is 1. The van der Waals surface area contributed by atoms with Crippen molar-refractivity contribution < 1.29 is 13.3 Å². The molecule has 1 fully saturated rings. The van der Waals surface area contributed by atoms with Gasteiger partial charge in [0.15, 0.2) is 5.65 Å². The minimum Gasteiger partial charge on any atom is -0.312 e. The fraction of sp³-hybridized carbons (Fsp3) is 0.364. The highest BCUT2D eigenvalue weighted by Gasteiger charge is 2.26. The molecule has 11 heteroatoms. The van der Waals surface area contributed by atoms with Crippen molar-refractivity contribution in [2.75, 3.05) is 18.5 Å². The molecule has 1 saturated heterocycles. The van der Waals surface area contributed by atoms with Gasteiger partial charge in [-0.1, -0.05) is 30.3 Å². The van der Waals surface area contributed by atoms with Crippen LogP contribution in [0.25, 0.3) is 11.0 Å². The summed E-state index contributed by atoms with van der Waals surface area (Å²) in [6, 6.07) is 12.6. The first-order valence-corrected chi connectivity index (χ1v) is 12.3. The van der Waals surface area contributed by atoms with Gasteiger partial charge in [-0.05, 0) is 36.8 Å². The minimum absolute atomic E-state index is 0.135. The van der Waals surface area contributed by atoms with Gasteiger partial charge in [-0.25, -0.2) is 22.4 Å². The first-order chi connectivity index (χ1) is 15.9. The van der Waals surface area contributed by atoms with Gasteiger partial charge in [-0.3, -0.25) is 10.1 Å². The van der Waals surface area contributed by atoms with Gasteiger partial charge in [0.2, 0.25) is 10.0 Å². The monoisotopic (exact) mass is 468 g/mol. The third-order valence-electron chi connectivity index (χ3n) is 5.85. The van der Waals surface area contributed by atoms with E-state index in [0.717, 1.165) is 29.4 Å². The van der Waals surface area contributed by atoms with E-state index in [-0.39, 0.29) is 22.8 Å². The zero-order chi connectivity index (χ0) is 23.4. The van der Waals surface area contributed by atoms with Gasteiger partial charge in [0.25, 0.3) is 0 Å². The van der Waals surface area contributed by atoms with Crippen molar-refractivity contribution >= 4 is 32.4 Å². The van der Waals surface area contributed by atoms with E-state index in [2.05, 4.69) is 16.5 Å². The summed E-state index contributed by atoms with van der Waals surface area (Å²) in [6.07, 6.45) is 5.55. The number of nitro groups is 1. The van der Waals surface area contributed by atoms with E-state index < -0.39 is 14.9 Å². The number of nitrogens with zero attached hydrogens (tertiary/aromatic N) is 5. The Bertz CT molecular complexity index is 1300. The average Bonchev–Trinajstić information content (AvgIpc) is 3.11. The molecule has 1 aromatic carbocycles. The number of hydrogen-bond donors (Lipinski definition) is 1. The third kappa shape index (κ3) is 4.97. The molecule has 2 aromatic heterocycles. The van der Waals surface area contributed by atoms with Gasteiger partial charge in [0.1, 0.15) is 11.9 Å². The Morgan fingerprint density at radius 1 is 1.21 bits per heavy atom. The molecular weight excluding hydrogens is 444 g/mol. The van der Waals surface area contributed by atoms with Crippen LogP contribution in [-0.4, -0.2) is 40.4 Å². The topological polar surface area (TPSA) is 134 Å². The normalized spacial score (nSPS) is 17.4. The van der Waals surface area contributed by atoms with Gasteiger partial charge < -0.3 is 5.43 Å². The highest BCUT2D eigenvalue weighted by Crippen LogP contribution is 2.34. The van der Waals surface area contributed by atoms with E-state index in [0.29, 0.717) is 36.4 Å². The van der Waals surface area contributed by atoms with Gasteiger partial charge in [-0.15, -0.1) is 0 Å². The van der Waals surface area contributed by atoms with Crippen LogP contribution in [0.3, 0.4) is 0 Å². The molecule has 0 radical (unpaired) electrons. The number of nitrogens with one attached hydrogen (secondary N) is 1. The first-order valence-electron chi connectivity index (χ1n) is 10.7. The molecule has 1 atom stereocenters. The molecule has 0 saturated carbocycles. The molecule has 3 aromatic rings. The molecule has 1 N–H and O–H groups in total. The molecule has 1 aliphatic rings. The van der Waals surface area contributed by atoms with E-state index in [1.165, 1.54) is 12.3 Å². The summed E-state index contributed by atoms with van der Waals surface area (Å²) in [5.41, 5.74) is 3.92. The van der Waals surface area contributed by atoms with Crippen molar-refractivity contribution in [2.24, 2.45) is 5.92 Å². The standard InChI is InChI=1S/C22H24N6O4S/c23-11-8-17-7-4-12-26(13-9-17)25-21-19-10-14-27(22(19)24-15-20(21)28(29)30)33(31,32)16-18-5-2-1-3-6-18/h1-3,5-6,10,14-15,17H,4,7-9,12-13,16H2,(H,24,25). The minimum atomic E-state index is -3.79. The van der Waals surface area contributed by atoms with Gasteiger partial charge in [0, 0.05) is 25.7 Å². The SMILES string of the molecule is N#CCC1CCCN(Nc2c([N+](=O)[O-])cnc3c2ccn3S(=O)(=O)Cc2ccccc2)CC1. The van der Waals surface area contributed by atoms with Crippen LogP contribution >= 0.6 is 0 Å². The molecule has 1 aliphatic heterocycles. The lowest BCUT2D eigenvalue weighted by atomic mass is 9.98. The highest BCUT2D eigenvalue weighted by atomic mass is 32.2. The Hall–Kier alpha value is -3.49. The summed E-state index contributed by atoms with van der Waals surface area (Å²) in [5, 5.41) is 22.9. The van der Waals surface area contributed by atoms with E-state index in [1.54, 1.807) is 24.3 Å². The number of nitriles is 1. The molecule has 172 valence electrons. The van der Waals surface area contributed by atoms with Crippen LogP contribution in [0.15, 0.2) is 48.8 Å². The van der Waals surface area contributed by atoms with Crippen LogP contribution in [0.1, 0.15) is 31.2 Å². The molecular formula is C22H24N6O4S. The van der Waals surface area contributed by atoms with Crippen molar-refractivity contribution in [1.82, 2.24) is 14.0 Å². The number of pyridine rings is 1. The molecule has 0 spiro atoms. The van der Waals surface area contributed by atoms with Gasteiger partial charge in [-0.2, -0.15) is 5.26 Å². The van der Waals surface area contributed by atoms with Gasteiger partial charge >= 0.3 is 5.69 Å². The predicted molar refractivity (Wildman–Crippen MR) is 124 cm³/mol. The molecule has 0 aliphatic carbocycles. The molecule has 3 heterocycles. The fourth-order valence-corrected chi connectivity index (χ4v) is 5.56. The second kappa shape index (κ2) is 9.56.